The van der Waals surface area contributed by atoms with Crippen LogP contribution in [-0.4, -0.2) is 59.7 Å². The van der Waals surface area contributed by atoms with Gasteiger partial charge in [-0.25, -0.2) is 13.4 Å². The van der Waals surface area contributed by atoms with E-state index < -0.39 is 15.6 Å². The van der Waals surface area contributed by atoms with Crippen molar-refractivity contribution in [3.63, 3.8) is 0 Å². The molecule has 0 saturated carbocycles. The lowest BCUT2D eigenvalue weighted by molar-refractivity contribution is 0.0462. The molecule has 2 rings (SSSR count). The number of aromatic nitrogens is 2. The van der Waals surface area contributed by atoms with Gasteiger partial charge in [0.25, 0.3) is 10.0 Å². The monoisotopic (exact) mass is 302 g/mol. The number of hydrogen-bond acceptors (Lipinski definition) is 5. The molecule has 8 heteroatoms. The third-order valence-corrected chi connectivity index (χ3v) is 5.38. The average Bonchev–Trinajstić information content (AvgIpc) is 2.95. The van der Waals surface area contributed by atoms with Crippen LogP contribution in [0.2, 0.25) is 0 Å². The van der Waals surface area contributed by atoms with Crippen LogP contribution in [0.3, 0.4) is 0 Å². The van der Waals surface area contributed by atoms with Crippen LogP contribution >= 0.6 is 0 Å². The fourth-order valence-electron chi connectivity index (χ4n) is 2.45. The highest BCUT2D eigenvalue weighted by Gasteiger charge is 2.36. The maximum atomic E-state index is 12.5. The van der Waals surface area contributed by atoms with E-state index in [1.165, 1.54) is 17.5 Å². The number of likely N-dealkylation sites (N-methyl/N-ethyl adjacent to an activating group) is 1. The summed E-state index contributed by atoms with van der Waals surface area (Å²) in [5.74, 6) is 0.667. The highest BCUT2D eigenvalue weighted by Crippen LogP contribution is 2.20. The normalized spacial score (nSPS) is 23.6. The third kappa shape index (κ3) is 2.88. The minimum atomic E-state index is -3.66. The fourth-order valence-corrected chi connectivity index (χ4v) is 3.69. The molecule has 2 N–H and O–H groups in total. The first-order valence-corrected chi connectivity index (χ1v) is 8.16. The van der Waals surface area contributed by atoms with Crippen LogP contribution in [0, 0.1) is 6.92 Å². The Morgan fingerprint density at radius 1 is 1.60 bits per heavy atom. The van der Waals surface area contributed by atoms with Crippen LogP contribution in [0.1, 0.15) is 19.2 Å². The van der Waals surface area contributed by atoms with Crippen molar-refractivity contribution in [3.05, 3.63) is 12.0 Å². The summed E-state index contributed by atoms with van der Waals surface area (Å²) < 4.78 is 27.9. The topological polar surface area (TPSA) is 87.5 Å². The Morgan fingerprint density at radius 2 is 2.30 bits per heavy atom. The van der Waals surface area contributed by atoms with Crippen molar-refractivity contribution < 1.29 is 13.5 Å². The molecule has 20 heavy (non-hydrogen) atoms. The zero-order valence-corrected chi connectivity index (χ0v) is 12.9. The van der Waals surface area contributed by atoms with E-state index in [4.69, 9.17) is 0 Å². The average molecular weight is 302 g/mol. The van der Waals surface area contributed by atoms with Crippen molar-refractivity contribution >= 4 is 10.0 Å². The Kier molecular flexibility index (Phi) is 4.19. The van der Waals surface area contributed by atoms with E-state index in [0.29, 0.717) is 31.9 Å². The second-order valence-electron chi connectivity index (χ2n) is 5.32. The zero-order chi connectivity index (χ0) is 15.0. The Balaban J connectivity index is 2.20. The molecule has 0 aromatic carbocycles. The molecule has 0 radical (unpaired) electrons. The lowest BCUT2D eigenvalue weighted by atomic mass is 10.0. The quantitative estimate of drug-likeness (QED) is 0.770. The molecule has 0 bridgehead atoms. The Morgan fingerprint density at radius 3 is 2.80 bits per heavy atom. The minimum Gasteiger partial charge on any atom is -0.387 e. The van der Waals surface area contributed by atoms with Crippen LogP contribution in [0.4, 0.5) is 0 Å². The Bertz CT molecular complexity index is 576. The summed E-state index contributed by atoms with van der Waals surface area (Å²) in [5.41, 5.74) is -0.996. The van der Waals surface area contributed by atoms with Crippen molar-refractivity contribution in [1.82, 2.24) is 19.2 Å². The van der Waals surface area contributed by atoms with Gasteiger partial charge in [-0.05, 0) is 26.8 Å². The molecule has 1 unspecified atom stereocenters. The number of aryl methyl sites for hydroxylation is 2. The zero-order valence-electron chi connectivity index (χ0n) is 12.1. The summed E-state index contributed by atoms with van der Waals surface area (Å²) in [7, 11) is -2.18. The SMILES string of the molecule is CCn1cc(S(=O)(=O)N(C)CC2(O)CCNC2)nc1C. The predicted octanol–water partition coefficient (Wildman–Crippen LogP) is -0.444. The van der Waals surface area contributed by atoms with E-state index >= 15 is 0 Å². The Labute approximate surface area is 119 Å². The Hall–Kier alpha value is -0.960. The number of nitrogens with zero attached hydrogens (tertiary/aromatic N) is 3. The molecule has 0 amide bonds. The number of rotatable bonds is 5. The molecule has 2 heterocycles. The highest BCUT2D eigenvalue weighted by atomic mass is 32.2. The van der Waals surface area contributed by atoms with Crippen molar-refractivity contribution in [2.24, 2.45) is 0 Å². The van der Waals surface area contributed by atoms with Gasteiger partial charge in [-0.15, -0.1) is 0 Å². The van der Waals surface area contributed by atoms with Crippen molar-refractivity contribution in [2.45, 2.75) is 37.4 Å². The molecular formula is C12H22N4O3S. The van der Waals surface area contributed by atoms with Gasteiger partial charge in [0.05, 0.1) is 5.60 Å². The number of hydrogen-bond donors (Lipinski definition) is 2. The van der Waals surface area contributed by atoms with E-state index in [1.807, 2.05) is 6.92 Å². The van der Waals surface area contributed by atoms with E-state index in [2.05, 4.69) is 10.3 Å². The molecule has 7 nitrogen and oxygen atoms in total. The molecule has 1 aromatic heterocycles. The maximum absolute atomic E-state index is 12.5. The van der Waals surface area contributed by atoms with Crippen molar-refractivity contribution in [2.75, 3.05) is 26.7 Å². The summed E-state index contributed by atoms with van der Waals surface area (Å²) in [4.78, 5) is 4.11. The molecule has 1 saturated heterocycles. The van der Waals surface area contributed by atoms with Gasteiger partial charge in [-0.3, -0.25) is 0 Å². The lowest BCUT2D eigenvalue weighted by Crippen LogP contribution is -2.45. The molecule has 0 aliphatic carbocycles. The van der Waals surface area contributed by atoms with Crippen LogP contribution < -0.4 is 5.32 Å². The lowest BCUT2D eigenvalue weighted by Gasteiger charge is -2.26. The molecule has 0 spiro atoms. The number of aliphatic hydroxyl groups is 1. The summed E-state index contributed by atoms with van der Waals surface area (Å²) in [5, 5.41) is 13.4. The first-order chi connectivity index (χ1) is 9.28. The van der Waals surface area contributed by atoms with E-state index in [1.54, 1.807) is 11.5 Å². The predicted molar refractivity (Wildman–Crippen MR) is 74.9 cm³/mol. The van der Waals surface area contributed by atoms with Gasteiger partial charge in [-0.1, -0.05) is 0 Å². The van der Waals surface area contributed by atoms with Crippen LogP contribution in [0.5, 0.6) is 0 Å². The van der Waals surface area contributed by atoms with E-state index in [-0.39, 0.29) is 11.6 Å². The number of nitrogens with one attached hydrogen (secondary N) is 1. The van der Waals surface area contributed by atoms with Gasteiger partial charge in [0.2, 0.25) is 0 Å². The van der Waals surface area contributed by atoms with Gasteiger partial charge in [-0.2, -0.15) is 4.31 Å². The van der Waals surface area contributed by atoms with E-state index in [9.17, 15) is 13.5 Å². The van der Waals surface area contributed by atoms with Gasteiger partial charge in [0.15, 0.2) is 5.03 Å². The number of β-amino-alcohol motifs (C(OH)–C–C–N with tert-alkyl or cyclic N) is 1. The molecule has 1 aliphatic heterocycles. The van der Waals surface area contributed by atoms with Crippen LogP contribution in [-0.2, 0) is 16.6 Å². The van der Waals surface area contributed by atoms with Gasteiger partial charge in [0, 0.05) is 32.9 Å². The smallest absolute Gasteiger partial charge is 0.261 e. The molecule has 1 fully saturated rings. The molecule has 1 aliphatic rings. The van der Waals surface area contributed by atoms with Gasteiger partial charge < -0.3 is 15.0 Å². The van der Waals surface area contributed by atoms with Crippen molar-refractivity contribution in [3.8, 4) is 0 Å². The summed E-state index contributed by atoms with van der Waals surface area (Å²) in [6.07, 6.45) is 2.09. The fraction of sp³-hybridized carbons (Fsp3) is 0.750. The summed E-state index contributed by atoms with van der Waals surface area (Å²) >= 11 is 0. The molecule has 1 atom stereocenters. The van der Waals surface area contributed by atoms with Gasteiger partial charge >= 0.3 is 0 Å². The standard InChI is InChI=1S/C12H22N4O3S/c1-4-16-7-11(14-10(16)2)20(18,19)15(3)9-12(17)5-6-13-8-12/h7,13,17H,4-6,8-9H2,1-3H3. The van der Waals surface area contributed by atoms with Crippen molar-refractivity contribution in [1.29, 1.82) is 0 Å². The van der Waals surface area contributed by atoms with E-state index in [0.717, 1.165) is 0 Å². The largest absolute Gasteiger partial charge is 0.387 e. The first-order valence-electron chi connectivity index (χ1n) is 6.72. The molecule has 1 aromatic rings. The first kappa shape index (κ1) is 15.4. The minimum absolute atomic E-state index is 0.0360. The number of imidazole rings is 1. The molecule has 114 valence electrons. The third-order valence-electron chi connectivity index (χ3n) is 3.71. The summed E-state index contributed by atoms with van der Waals surface area (Å²) in [6, 6.07) is 0. The van der Waals surface area contributed by atoms with Gasteiger partial charge in [0.1, 0.15) is 5.82 Å². The van der Waals surface area contributed by atoms with Crippen LogP contribution in [0.25, 0.3) is 0 Å². The second-order valence-corrected chi connectivity index (χ2v) is 7.32. The maximum Gasteiger partial charge on any atom is 0.261 e. The van der Waals surface area contributed by atoms with Crippen LogP contribution in [0.15, 0.2) is 11.2 Å². The second kappa shape index (κ2) is 5.44. The number of sulfonamides is 1. The molecular weight excluding hydrogens is 280 g/mol. The highest BCUT2D eigenvalue weighted by molar-refractivity contribution is 7.89. The summed E-state index contributed by atoms with van der Waals surface area (Å²) in [6.45, 7) is 5.56.